The maximum Gasteiger partial charge on any atom is 0.266 e. The molecule has 1 fully saturated rings. The maximum atomic E-state index is 13.2. The lowest BCUT2D eigenvalue weighted by molar-refractivity contribution is -0.129. The number of nitrogens with one attached hydrogen (secondary N) is 1. The van der Waals surface area contributed by atoms with Crippen LogP contribution >= 0.6 is 12.2 Å². The number of hydrogen-bond donors (Lipinski definition) is 1. The van der Waals surface area contributed by atoms with Crippen LogP contribution in [0, 0.1) is 0 Å². The Morgan fingerprint density at radius 2 is 1.80 bits per heavy atom. The molecule has 2 aromatic carbocycles. The summed E-state index contributed by atoms with van der Waals surface area (Å²) in [5, 5.41) is 3.64. The third-order valence-corrected chi connectivity index (χ3v) is 6.08. The highest BCUT2D eigenvalue weighted by atomic mass is 32.1. The third-order valence-electron chi connectivity index (χ3n) is 5.75. The van der Waals surface area contributed by atoms with E-state index in [1.807, 2.05) is 60.8 Å². The van der Waals surface area contributed by atoms with E-state index in [9.17, 15) is 9.59 Å². The SMILES string of the molecule is O=C1NC(=S)N(Cc2ccco2)C(=O)C1=Cc1cn(CCCOc2ccccc2)c2ccccc12. The van der Waals surface area contributed by atoms with E-state index >= 15 is 0 Å². The molecule has 0 spiro atoms. The molecule has 0 aliphatic carbocycles. The second-order valence-electron chi connectivity index (χ2n) is 8.10. The summed E-state index contributed by atoms with van der Waals surface area (Å²) < 4.78 is 13.3. The van der Waals surface area contributed by atoms with Crippen molar-refractivity contribution < 1.29 is 18.7 Å². The molecule has 2 amide bonds. The number of thiocarbonyl (C=S) groups is 1. The van der Waals surface area contributed by atoms with Gasteiger partial charge in [0.05, 0.1) is 19.4 Å². The Morgan fingerprint density at radius 1 is 1.00 bits per heavy atom. The zero-order valence-electron chi connectivity index (χ0n) is 18.8. The van der Waals surface area contributed by atoms with Crippen molar-refractivity contribution in [2.24, 2.45) is 0 Å². The van der Waals surface area contributed by atoms with Crippen LogP contribution in [0.2, 0.25) is 0 Å². The molecule has 5 rings (SSSR count). The molecule has 0 atom stereocenters. The summed E-state index contributed by atoms with van der Waals surface area (Å²) in [7, 11) is 0. The number of furan rings is 1. The lowest BCUT2D eigenvalue weighted by atomic mass is 10.1. The fraction of sp³-hybridized carbons (Fsp3) is 0.148. The van der Waals surface area contributed by atoms with Crippen LogP contribution < -0.4 is 10.1 Å². The molecule has 1 N–H and O–H groups in total. The minimum absolute atomic E-state index is 0.0282. The van der Waals surface area contributed by atoms with E-state index in [1.165, 1.54) is 11.2 Å². The number of ether oxygens (including phenoxy) is 1. The Kier molecular flexibility index (Phi) is 6.45. The van der Waals surface area contributed by atoms with Crippen LogP contribution in [0.3, 0.4) is 0 Å². The third kappa shape index (κ3) is 4.88. The first-order chi connectivity index (χ1) is 17.1. The van der Waals surface area contributed by atoms with Crippen molar-refractivity contribution in [1.82, 2.24) is 14.8 Å². The molecular formula is C27H23N3O4S. The summed E-state index contributed by atoms with van der Waals surface area (Å²) in [6.45, 7) is 1.45. The van der Waals surface area contributed by atoms with Gasteiger partial charge in [0, 0.05) is 29.2 Å². The van der Waals surface area contributed by atoms with Crippen molar-refractivity contribution in [3.05, 3.63) is 96.1 Å². The summed E-state index contributed by atoms with van der Waals surface area (Å²) in [4.78, 5) is 27.2. The van der Waals surface area contributed by atoms with Crippen LogP contribution in [0.1, 0.15) is 17.7 Å². The van der Waals surface area contributed by atoms with E-state index in [1.54, 1.807) is 18.2 Å². The molecule has 35 heavy (non-hydrogen) atoms. The van der Waals surface area contributed by atoms with Crippen molar-refractivity contribution >= 4 is 46.1 Å². The minimum Gasteiger partial charge on any atom is -0.494 e. The highest BCUT2D eigenvalue weighted by Crippen LogP contribution is 2.26. The van der Waals surface area contributed by atoms with Gasteiger partial charge in [-0.2, -0.15) is 0 Å². The number of aryl methyl sites for hydroxylation is 1. The number of carbonyl (C=O) groups is 2. The predicted octanol–water partition coefficient (Wildman–Crippen LogP) is 4.53. The number of para-hydroxylation sites is 2. The fourth-order valence-electron chi connectivity index (χ4n) is 4.07. The number of rotatable bonds is 8. The van der Waals surface area contributed by atoms with Crippen LogP contribution in [0.25, 0.3) is 17.0 Å². The molecular weight excluding hydrogens is 462 g/mol. The van der Waals surface area contributed by atoms with Gasteiger partial charge >= 0.3 is 0 Å². The molecule has 176 valence electrons. The maximum absolute atomic E-state index is 13.2. The number of aromatic nitrogens is 1. The number of nitrogens with zero attached hydrogens (tertiary/aromatic N) is 2. The largest absolute Gasteiger partial charge is 0.494 e. The topological polar surface area (TPSA) is 76.7 Å². The van der Waals surface area contributed by atoms with Gasteiger partial charge in [-0.1, -0.05) is 36.4 Å². The monoisotopic (exact) mass is 485 g/mol. The number of amides is 2. The van der Waals surface area contributed by atoms with E-state index in [0.717, 1.165) is 35.2 Å². The highest BCUT2D eigenvalue weighted by molar-refractivity contribution is 7.80. The average Bonchev–Trinajstić information content (AvgIpc) is 3.51. The number of hydrogen-bond acceptors (Lipinski definition) is 5. The van der Waals surface area contributed by atoms with Gasteiger partial charge in [0.1, 0.15) is 17.1 Å². The van der Waals surface area contributed by atoms with Crippen LogP contribution in [0.4, 0.5) is 0 Å². The molecule has 1 aliphatic rings. The second-order valence-corrected chi connectivity index (χ2v) is 8.48. The van der Waals surface area contributed by atoms with Crippen molar-refractivity contribution in [2.75, 3.05) is 6.61 Å². The standard InChI is InChI=1S/C27H23N3O4S/c31-25-23(26(32)30(27(35)28-25)18-21-10-6-14-34-21)16-19-17-29(24-12-5-4-11-22(19)24)13-7-15-33-20-8-2-1-3-9-20/h1-6,8-12,14,16-17H,7,13,15,18H2,(H,28,31,35). The zero-order valence-corrected chi connectivity index (χ0v) is 19.7. The van der Waals surface area contributed by atoms with Gasteiger partial charge in [-0.25, -0.2) is 0 Å². The van der Waals surface area contributed by atoms with Gasteiger partial charge in [-0.15, -0.1) is 0 Å². The molecule has 2 aromatic heterocycles. The molecule has 0 unspecified atom stereocenters. The molecule has 4 aromatic rings. The first-order valence-electron chi connectivity index (χ1n) is 11.3. The second kappa shape index (κ2) is 9.99. The van der Waals surface area contributed by atoms with E-state index in [-0.39, 0.29) is 17.2 Å². The minimum atomic E-state index is -0.510. The lowest BCUT2D eigenvalue weighted by Gasteiger charge is -2.28. The predicted molar refractivity (Wildman–Crippen MR) is 136 cm³/mol. The summed E-state index contributed by atoms with van der Waals surface area (Å²) in [6, 6.07) is 21.1. The Labute approximate surface area is 207 Å². The fourth-order valence-corrected chi connectivity index (χ4v) is 4.31. The molecule has 8 heteroatoms. The van der Waals surface area contributed by atoms with Crippen molar-refractivity contribution in [3.8, 4) is 5.75 Å². The summed E-state index contributed by atoms with van der Waals surface area (Å²) >= 11 is 5.24. The molecule has 1 aliphatic heterocycles. The van der Waals surface area contributed by atoms with Crippen molar-refractivity contribution in [2.45, 2.75) is 19.5 Å². The Hall–Kier alpha value is -4.17. The number of carbonyl (C=O) groups excluding carboxylic acids is 2. The van der Waals surface area contributed by atoms with E-state index < -0.39 is 11.8 Å². The summed E-state index contributed by atoms with van der Waals surface area (Å²) in [6.07, 6.45) is 5.93. The van der Waals surface area contributed by atoms with Gasteiger partial charge in [0.2, 0.25) is 0 Å². The smallest absolute Gasteiger partial charge is 0.266 e. The van der Waals surface area contributed by atoms with Gasteiger partial charge in [0.25, 0.3) is 11.8 Å². The van der Waals surface area contributed by atoms with Crippen molar-refractivity contribution in [3.63, 3.8) is 0 Å². The first kappa shape index (κ1) is 22.6. The molecule has 3 heterocycles. The van der Waals surface area contributed by atoms with Gasteiger partial charge in [0.15, 0.2) is 5.11 Å². The quantitative estimate of drug-likeness (QED) is 0.172. The molecule has 0 bridgehead atoms. The molecule has 7 nitrogen and oxygen atoms in total. The van der Waals surface area contributed by atoms with Gasteiger partial charge in [-0.05, 0) is 55.0 Å². The zero-order chi connectivity index (χ0) is 24.2. The van der Waals surface area contributed by atoms with E-state index in [2.05, 4.69) is 9.88 Å². The highest BCUT2D eigenvalue weighted by Gasteiger charge is 2.34. The number of fused-ring (bicyclic) bond motifs is 1. The van der Waals surface area contributed by atoms with Crippen LogP contribution in [0.5, 0.6) is 5.75 Å². The lowest BCUT2D eigenvalue weighted by Crippen LogP contribution is -2.53. The van der Waals surface area contributed by atoms with Gasteiger partial charge in [-0.3, -0.25) is 19.8 Å². The number of benzene rings is 2. The van der Waals surface area contributed by atoms with Gasteiger partial charge < -0.3 is 13.7 Å². The average molecular weight is 486 g/mol. The Balaban J connectivity index is 1.37. The molecule has 1 saturated heterocycles. The van der Waals surface area contributed by atoms with E-state index in [4.69, 9.17) is 21.4 Å². The normalized spacial score (nSPS) is 15.1. The van der Waals surface area contributed by atoms with Crippen LogP contribution in [-0.4, -0.2) is 33.0 Å². The molecule has 0 saturated carbocycles. The van der Waals surface area contributed by atoms with E-state index in [0.29, 0.717) is 12.4 Å². The van der Waals surface area contributed by atoms with Crippen molar-refractivity contribution in [1.29, 1.82) is 0 Å². The Morgan fingerprint density at radius 3 is 2.60 bits per heavy atom. The Bertz CT molecular complexity index is 1410. The summed E-state index contributed by atoms with van der Waals surface area (Å²) in [5.41, 5.74) is 1.83. The van der Waals surface area contributed by atoms with Crippen LogP contribution in [0.15, 0.2) is 89.2 Å². The van der Waals surface area contributed by atoms with Crippen LogP contribution in [-0.2, 0) is 22.7 Å². The first-order valence-corrected chi connectivity index (χ1v) is 11.7. The summed E-state index contributed by atoms with van der Waals surface area (Å²) in [5.74, 6) is 0.451. The molecule has 0 radical (unpaired) electrons.